The van der Waals surface area contributed by atoms with E-state index in [9.17, 15) is 0 Å². The van der Waals surface area contributed by atoms with Gasteiger partial charge in [0.25, 0.3) is 0 Å². The molecular formula is C12H14N4S. The molecule has 1 unspecified atom stereocenters. The zero-order valence-corrected chi connectivity index (χ0v) is 10.6. The molecule has 4 nitrogen and oxygen atoms in total. The molecule has 0 fully saturated rings. The van der Waals surface area contributed by atoms with Crippen LogP contribution >= 0.6 is 11.8 Å². The van der Waals surface area contributed by atoms with Crippen molar-refractivity contribution in [1.29, 1.82) is 0 Å². The van der Waals surface area contributed by atoms with Crippen molar-refractivity contribution in [2.24, 2.45) is 0 Å². The van der Waals surface area contributed by atoms with Crippen LogP contribution in [0.4, 0.5) is 5.82 Å². The summed E-state index contributed by atoms with van der Waals surface area (Å²) in [6.07, 6.45) is 7.20. The van der Waals surface area contributed by atoms with Crippen LogP contribution in [0.3, 0.4) is 0 Å². The average molecular weight is 246 g/mol. The Morgan fingerprint density at radius 2 is 2.24 bits per heavy atom. The van der Waals surface area contributed by atoms with E-state index in [0.717, 1.165) is 16.4 Å². The van der Waals surface area contributed by atoms with Crippen molar-refractivity contribution in [3.8, 4) is 0 Å². The Bertz CT molecular complexity index is 475. The van der Waals surface area contributed by atoms with Gasteiger partial charge in [0.1, 0.15) is 17.2 Å². The molecule has 0 saturated heterocycles. The van der Waals surface area contributed by atoms with Crippen LogP contribution in [-0.2, 0) is 0 Å². The number of thioether (sulfide) groups is 1. The number of nitrogens with one attached hydrogen (secondary N) is 1. The maximum Gasteiger partial charge on any atom is 0.130 e. The average Bonchev–Trinajstić information content (AvgIpc) is 2.40. The van der Waals surface area contributed by atoms with Crippen molar-refractivity contribution in [3.05, 3.63) is 42.5 Å². The third-order valence-corrected chi connectivity index (χ3v) is 3.04. The number of rotatable bonds is 4. The van der Waals surface area contributed by atoms with Gasteiger partial charge in [0.15, 0.2) is 0 Å². The topological polar surface area (TPSA) is 50.7 Å². The van der Waals surface area contributed by atoms with Crippen molar-refractivity contribution in [2.75, 3.05) is 11.6 Å². The van der Waals surface area contributed by atoms with Gasteiger partial charge in [0.2, 0.25) is 0 Å². The van der Waals surface area contributed by atoms with Crippen molar-refractivity contribution >= 4 is 17.6 Å². The molecule has 1 N–H and O–H groups in total. The predicted octanol–water partition coefficient (Wildman–Crippen LogP) is 2.77. The lowest BCUT2D eigenvalue weighted by Crippen LogP contribution is -2.08. The molecule has 0 aromatic carbocycles. The van der Waals surface area contributed by atoms with Crippen LogP contribution in [0.15, 0.2) is 41.9 Å². The first-order valence-electron chi connectivity index (χ1n) is 5.32. The second kappa shape index (κ2) is 5.63. The van der Waals surface area contributed by atoms with Gasteiger partial charge in [0.05, 0.1) is 6.04 Å². The summed E-state index contributed by atoms with van der Waals surface area (Å²) in [5.41, 5.74) is 1.14. The van der Waals surface area contributed by atoms with Crippen LogP contribution in [0.5, 0.6) is 0 Å². The fourth-order valence-electron chi connectivity index (χ4n) is 1.47. The summed E-state index contributed by atoms with van der Waals surface area (Å²) in [7, 11) is 0. The first kappa shape index (κ1) is 11.9. The summed E-state index contributed by atoms with van der Waals surface area (Å²) in [6, 6.07) is 6.09. The molecule has 0 amide bonds. The van der Waals surface area contributed by atoms with Crippen LogP contribution in [0, 0.1) is 0 Å². The molecule has 2 heterocycles. The van der Waals surface area contributed by atoms with Gasteiger partial charge in [-0.1, -0.05) is 6.07 Å². The molecule has 0 aliphatic heterocycles. The van der Waals surface area contributed by atoms with Gasteiger partial charge >= 0.3 is 0 Å². The first-order chi connectivity index (χ1) is 8.29. The Morgan fingerprint density at radius 3 is 2.94 bits per heavy atom. The van der Waals surface area contributed by atoms with Crippen molar-refractivity contribution < 1.29 is 0 Å². The highest BCUT2D eigenvalue weighted by molar-refractivity contribution is 7.98. The number of hydrogen-bond acceptors (Lipinski definition) is 5. The molecule has 0 radical (unpaired) electrons. The van der Waals surface area contributed by atoms with E-state index < -0.39 is 0 Å². The highest BCUT2D eigenvalue weighted by Gasteiger charge is 2.06. The van der Waals surface area contributed by atoms with E-state index in [0.29, 0.717) is 0 Å². The minimum absolute atomic E-state index is 0.174. The SMILES string of the molecule is CSc1cc(NC(C)c2cccnc2)ncn1. The van der Waals surface area contributed by atoms with Crippen molar-refractivity contribution in [3.63, 3.8) is 0 Å². The quantitative estimate of drug-likeness (QED) is 0.664. The van der Waals surface area contributed by atoms with E-state index in [2.05, 4.69) is 27.2 Å². The van der Waals surface area contributed by atoms with Gasteiger partial charge < -0.3 is 5.32 Å². The maximum atomic E-state index is 4.20. The first-order valence-corrected chi connectivity index (χ1v) is 6.54. The monoisotopic (exact) mass is 246 g/mol. The highest BCUT2D eigenvalue weighted by atomic mass is 32.2. The van der Waals surface area contributed by atoms with Crippen molar-refractivity contribution in [1.82, 2.24) is 15.0 Å². The minimum atomic E-state index is 0.174. The third kappa shape index (κ3) is 3.17. The summed E-state index contributed by atoms with van der Waals surface area (Å²) in [4.78, 5) is 12.4. The second-order valence-corrected chi connectivity index (χ2v) is 4.42. The van der Waals surface area contributed by atoms with E-state index in [-0.39, 0.29) is 6.04 Å². The highest BCUT2D eigenvalue weighted by Crippen LogP contribution is 2.19. The Morgan fingerprint density at radius 1 is 1.35 bits per heavy atom. The van der Waals surface area contributed by atoms with Crippen LogP contribution in [0.2, 0.25) is 0 Å². The van der Waals surface area contributed by atoms with E-state index >= 15 is 0 Å². The number of hydrogen-bond donors (Lipinski definition) is 1. The largest absolute Gasteiger partial charge is 0.363 e. The molecule has 2 aromatic rings. The fraction of sp³-hybridized carbons (Fsp3) is 0.250. The van der Waals surface area contributed by atoms with Gasteiger partial charge in [-0.15, -0.1) is 11.8 Å². The Hall–Kier alpha value is -1.62. The smallest absolute Gasteiger partial charge is 0.130 e. The van der Waals surface area contributed by atoms with Gasteiger partial charge in [-0.3, -0.25) is 4.98 Å². The zero-order valence-electron chi connectivity index (χ0n) is 9.79. The van der Waals surface area contributed by atoms with Crippen LogP contribution in [0.1, 0.15) is 18.5 Å². The summed E-state index contributed by atoms with van der Waals surface area (Å²) in [5, 5.41) is 4.29. The molecule has 17 heavy (non-hydrogen) atoms. The second-order valence-electron chi connectivity index (χ2n) is 3.60. The van der Waals surface area contributed by atoms with Crippen LogP contribution in [0.25, 0.3) is 0 Å². The minimum Gasteiger partial charge on any atom is -0.363 e. The molecule has 5 heteroatoms. The summed E-state index contributed by atoms with van der Waals surface area (Å²) >= 11 is 1.60. The van der Waals surface area contributed by atoms with Crippen LogP contribution in [-0.4, -0.2) is 21.2 Å². The summed E-state index contributed by atoms with van der Waals surface area (Å²) in [6.45, 7) is 2.08. The van der Waals surface area contributed by atoms with Crippen molar-refractivity contribution in [2.45, 2.75) is 18.0 Å². The molecule has 1 atom stereocenters. The number of pyridine rings is 1. The van der Waals surface area contributed by atoms with E-state index in [1.54, 1.807) is 24.3 Å². The Labute approximate surface area is 105 Å². The fourth-order valence-corrected chi connectivity index (χ4v) is 1.85. The Balaban J connectivity index is 2.10. The molecule has 0 bridgehead atoms. The number of anilines is 1. The van der Waals surface area contributed by atoms with Gasteiger partial charge in [-0.25, -0.2) is 9.97 Å². The van der Waals surface area contributed by atoms with Gasteiger partial charge in [-0.05, 0) is 24.8 Å². The lowest BCUT2D eigenvalue weighted by molar-refractivity contribution is 0.859. The predicted molar refractivity (Wildman–Crippen MR) is 70.1 cm³/mol. The molecule has 0 aliphatic carbocycles. The summed E-state index contributed by atoms with van der Waals surface area (Å²) in [5.74, 6) is 0.834. The number of aromatic nitrogens is 3. The number of nitrogens with zero attached hydrogens (tertiary/aromatic N) is 3. The standard InChI is InChI=1S/C12H14N4S/c1-9(10-4-3-5-13-7-10)16-11-6-12(17-2)15-8-14-11/h3-9H,1-2H3,(H,14,15,16). The lowest BCUT2D eigenvalue weighted by atomic mass is 10.1. The molecule has 2 aromatic heterocycles. The molecule has 88 valence electrons. The van der Waals surface area contributed by atoms with Gasteiger partial charge in [-0.2, -0.15) is 0 Å². The normalized spacial score (nSPS) is 12.1. The maximum absolute atomic E-state index is 4.20. The molecule has 0 aliphatic rings. The van der Waals surface area contributed by atoms with Crippen LogP contribution < -0.4 is 5.32 Å². The molecule has 0 spiro atoms. The molecule has 2 rings (SSSR count). The Kier molecular flexibility index (Phi) is 3.93. The van der Waals surface area contributed by atoms with E-state index in [1.165, 1.54) is 0 Å². The van der Waals surface area contributed by atoms with E-state index in [4.69, 9.17) is 0 Å². The lowest BCUT2D eigenvalue weighted by Gasteiger charge is -2.14. The molecule has 0 saturated carbocycles. The van der Waals surface area contributed by atoms with Gasteiger partial charge in [0, 0.05) is 18.5 Å². The third-order valence-electron chi connectivity index (χ3n) is 2.40. The summed E-state index contributed by atoms with van der Waals surface area (Å²) < 4.78 is 0. The van der Waals surface area contributed by atoms with E-state index in [1.807, 2.05) is 30.7 Å². The molecular weight excluding hydrogens is 232 g/mol. The zero-order chi connectivity index (χ0) is 12.1.